The summed E-state index contributed by atoms with van der Waals surface area (Å²) in [5.74, 6) is -0.115. The van der Waals surface area contributed by atoms with Gasteiger partial charge in [0.05, 0.1) is 11.8 Å². The number of halogens is 1. The van der Waals surface area contributed by atoms with Crippen LogP contribution in [-0.2, 0) is 7.05 Å². The first-order valence-corrected chi connectivity index (χ1v) is 5.66. The molecule has 0 saturated carbocycles. The maximum Gasteiger partial charge on any atom is 0.261 e. The summed E-state index contributed by atoms with van der Waals surface area (Å²) in [6, 6.07) is 1.62. The van der Waals surface area contributed by atoms with Gasteiger partial charge < -0.3 is 0 Å². The van der Waals surface area contributed by atoms with Crippen molar-refractivity contribution in [2.24, 2.45) is 7.05 Å². The van der Waals surface area contributed by atoms with Crippen molar-refractivity contribution < 1.29 is 4.79 Å². The Morgan fingerprint density at radius 2 is 2.11 bits per heavy atom. The lowest BCUT2D eigenvalue weighted by atomic mass is 10.2. The van der Waals surface area contributed by atoms with Crippen molar-refractivity contribution in [2.75, 3.05) is 5.32 Å². The number of nitrogens with one attached hydrogen (secondary N) is 1. The van der Waals surface area contributed by atoms with Gasteiger partial charge in [0.15, 0.2) is 0 Å². The first kappa shape index (κ1) is 12.5. The second kappa shape index (κ2) is 4.73. The third-order valence-electron chi connectivity index (χ3n) is 2.53. The van der Waals surface area contributed by atoms with Crippen LogP contribution in [0.1, 0.15) is 21.7 Å². The van der Waals surface area contributed by atoms with E-state index in [4.69, 9.17) is 11.6 Å². The zero-order valence-corrected chi connectivity index (χ0v) is 11.0. The van der Waals surface area contributed by atoms with Gasteiger partial charge in [-0.1, -0.05) is 11.6 Å². The SMILES string of the molecule is Cc1cc(Cl)nc(NC(=O)c2cnn(C)c2C)n1. The molecular formula is C11H12ClN5O. The summed E-state index contributed by atoms with van der Waals surface area (Å²) in [5.41, 5.74) is 1.94. The molecule has 1 N–H and O–H groups in total. The van der Waals surface area contributed by atoms with Crippen LogP contribution in [0.2, 0.25) is 5.15 Å². The summed E-state index contributed by atoms with van der Waals surface area (Å²) in [4.78, 5) is 20.0. The van der Waals surface area contributed by atoms with Gasteiger partial charge in [-0.05, 0) is 19.9 Å². The normalized spacial score (nSPS) is 10.4. The number of carbonyl (C=O) groups excluding carboxylic acids is 1. The average Bonchev–Trinajstić information content (AvgIpc) is 2.58. The molecule has 94 valence electrons. The van der Waals surface area contributed by atoms with Gasteiger partial charge in [-0.15, -0.1) is 0 Å². The van der Waals surface area contributed by atoms with Crippen molar-refractivity contribution in [2.45, 2.75) is 13.8 Å². The van der Waals surface area contributed by atoms with Crippen LogP contribution in [0.15, 0.2) is 12.3 Å². The maximum atomic E-state index is 12.0. The van der Waals surface area contributed by atoms with Crippen molar-refractivity contribution >= 4 is 23.5 Å². The first-order valence-electron chi connectivity index (χ1n) is 5.28. The molecule has 0 saturated heterocycles. The lowest BCUT2D eigenvalue weighted by Crippen LogP contribution is -2.15. The van der Waals surface area contributed by atoms with E-state index >= 15 is 0 Å². The van der Waals surface area contributed by atoms with Gasteiger partial charge >= 0.3 is 0 Å². The quantitative estimate of drug-likeness (QED) is 0.840. The molecule has 0 radical (unpaired) electrons. The molecule has 0 fully saturated rings. The molecule has 1 amide bonds. The Bertz CT molecular complexity index is 587. The summed E-state index contributed by atoms with van der Waals surface area (Å²) in [7, 11) is 1.77. The smallest absolute Gasteiger partial charge is 0.261 e. The molecule has 0 aliphatic carbocycles. The Kier molecular flexibility index (Phi) is 3.29. The highest BCUT2D eigenvalue weighted by atomic mass is 35.5. The van der Waals surface area contributed by atoms with E-state index in [0.29, 0.717) is 16.4 Å². The van der Waals surface area contributed by atoms with E-state index < -0.39 is 0 Å². The lowest BCUT2D eigenvalue weighted by molar-refractivity contribution is 0.102. The number of aromatic nitrogens is 4. The van der Waals surface area contributed by atoms with Gasteiger partial charge in [0.1, 0.15) is 5.15 Å². The third kappa shape index (κ3) is 2.48. The van der Waals surface area contributed by atoms with E-state index in [1.54, 1.807) is 24.7 Å². The number of anilines is 1. The van der Waals surface area contributed by atoms with E-state index in [2.05, 4.69) is 20.4 Å². The van der Waals surface area contributed by atoms with E-state index in [9.17, 15) is 4.79 Å². The van der Waals surface area contributed by atoms with Crippen molar-refractivity contribution in [3.8, 4) is 0 Å². The van der Waals surface area contributed by atoms with Crippen molar-refractivity contribution in [1.29, 1.82) is 0 Å². The van der Waals surface area contributed by atoms with E-state index in [-0.39, 0.29) is 11.9 Å². The summed E-state index contributed by atoms with van der Waals surface area (Å²) in [6.45, 7) is 3.59. The molecule has 0 bridgehead atoms. The molecule has 18 heavy (non-hydrogen) atoms. The largest absolute Gasteiger partial charge is 0.290 e. The molecule has 0 atom stereocenters. The zero-order valence-electron chi connectivity index (χ0n) is 10.2. The number of rotatable bonds is 2. The maximum absolute atomic E-state index is 12.0. The van der Waals surface area contributed by atoms with Gasteiger partial charge in [0.2, 0.25) is 5.95 Å². The van der Waals surface area contributed by atoms with Gasteiger partial charge in [0, 0.05) is 18.4 Å². The first-order chi connectivity index (χ1) is 8.47. The fraction of sp³-hybridized carbons (Fsp3) is 0.273. The minimum absolute atomic E-state index is 0.188. The molecule has 6 nitrogen and oxygen atoms in total. The molecule has 7 heteroatoms. The highest BCUT2D eigenvalue weighted by molar-refractivity contribution is 6.29. The molecule has 0 spiro atoms. The van der Waals surface area contributed by atoms with E-state index in [1.807, 2.05) is 6.92 Å². The summed E-state index contributed by atoms with van der Waals surface area (Å²) >= 11 is 5.80. The topological polar surface area (TPSA) is 72.7 Å². The molecule has 0 unspecified atom stereocenters. The fourth-order valence-electron chi connectivity index (χ4n) is 1.48. The summed E-state index contributed by atoms with van der Waals surface area (Å²) in [5, 5.41) is 6.89. The van der Waals surface area contributed by atoms with Crippen molar-refractivity contribution in [1.82, 2.24) is 19.7 Å². The number of nitrogens with zero attached hydrogens (tertiary/aromatic N) is 4. The van der Waals surface area contributed by atoms with Crippen LogP contribution >= 0.6 is 11.6 Å². The van der Waals surface area contributed by atoms with Gasteiger partial charge in [0.25, 0.3) is 5.91 Å². The standard InChI is InChI=1S/C11H12ClN5O/c1-6-4-9(12)15-11(14-6)16-10(18)8-5-13-17(3)7(8)2/h4-5H,1-3H3,(H,14,15,16,18). The number of aryl methyl sites for hydroxylation is 2. The Morgan fingerprint density at radius 1 is 1.39 bits per heavy atom. The van der Waals surface area contributed by atoms with Crippen LogP contribution in [0.4, 0.5) is 5.95 Å². The van der Waals surface area contributed by atoms with Crippen LogP contribution in [0.25, 0.3) is 0 Å². The summed E-state index contributed by atoms with van der Waals surface area (Å²) < 4.78 is 1.62. The van der Waals surface area contributed by atoms with Gasteiger partial charge in [-0.2, -0.15) is 5.10 Å². The Morgan fingerprint density at radius 3 is 2.67 bits per heavy atom. The molecule has 0 aromatic carbocycles. The molecule has 0 aliphatic rings. The molecule has 2 aromatic rings. The molecule has 2 rings (SSSR count). The highest BCUT2D eigenvalue weighted by Gasteiger charge is 2.14. The monoisotopic (exact) mass is 265 g/mol. The lowest BCUT2D eigenvalue weighted by Gasteiger charge is -2.04. The summed E-state index contributed by atoms with van der Waals surface area (Å²) in [6.07, 6.45) is 1.50. The zero-order chi connectivity index (χ0) is 13.3. The van der Waals surface area contributed by atoms with Crippen LogP contribution in [0.5, 0.6) is 0 Å². The second-order valence-corrected chi connectivity index (χ2v) is 4.26. The van der Waals surface area contributed by atoms with Crippen molar-refractivity contribution in [3.63, 3.8) is 0 Å². The average molecular weight is 266 g/mol. The second-order valence-electron chi connectivity index (χ2n) is 3.88. The number of carbonyl (C=O) groups is 1. The molecule has 2 heterocycles. The Labute approximate surface area is 109 Å². The van der Waals surface area contributed by atoms with Gasteiger partial charge in [-0.3, -0.25) is 14.8 Å². The fourth-order valence-corrected chi connectivity index (χ4v) is 1.71. The number of amides is 1. The van der Waals surface area contributed by atoms with Crippen LogP contribution in [0.3, 0.4) is 0 Å². The Hall–Kier alpha value is -1.95. The van der Waals surface area contributed by atoms with Crippen LogP contribution in [-0.4, -0.2) is 25.7 Å². The number of hydrogen-bond acceptors (Lipinski definition) is 4. The van der Waals surface area contributed by atoms with E-state index in [0.717, 1.165) is 5.69 Å². The predicted molar refractivity (Wildman–Crippen MR) is 67.7 cm³/mol. The van der Waals surface area contributed by atoms with Crippen molar-refractivity contribution in [3.05, 3.63) is 34.4 Å². The van der Waals surface area contributed by atoms with Crippen LogP contribution < -0.4 is 5.32 Å². The Balaban J connectivity index is 2.24. The minimum Gasteiger partial charge on any atom is -0.290 e. The highest BCUT2D eigenvalue weighted by Crippen LogP contribution is 2.12. The minimum atomic E-state index is -0.303. The predicted octanol–water partition coefficient (Wildman–Crippen LogP) is 1.73. The van der Waals surface area contributed by atoms with E-state index in [1.165, 1.54) is 6.20 Å². The molecular weight excluding hydrogens is 254 g/mol. The van der Waals surface area contributed by atoms with Crippen LogP contribution in [0, 0.1) is 13.8 Å². The molecule has 0 aliphatic heterocycles. The van der Waals surface area contributed by atoms with Gasteiger partial charge in [-0.25, -0.2) is 9.97 Å². The number of hydrogen-bond donors (Lipinski definition) is 1. The molecule has 2 aromatic heterocycles. The third-order valence-corrected chi connectivity index (χ3v) is 2.72.